The maximum Gasteiger partial charge on any atom is 0.166 e. The van der Waals surface area contributed by atoms with Gasteiger partial charge < -0.3 is 18.1 Å². The van der Waals surface area contributed by atoms with Crippen molar-refractivity contribution in [3.05, 3.63) is 267 Å². The molecule has 17 aromatic rings. The number of para-hydroxylation sites is 8. The van der Waals surface area contributed by atoms with Crippen LogP contribution in [0.3, 0.4) is 0 Å². The molecule has 0 radical (unpaired) electrons. The SMILES string of the molecule is c1ccc(-n2c3ccccc3c3cccc(-c4nc(-c5ccc(-n6c7ccccc7c7cc8ccccc8cc76)c(-c6cccc7oc8ccccc8c67)c5)nc(-c5cccc6c7ccccc7n(-c7ccccc7)c56)n4)c32)cc1. The molecule has 0 atom stereocenters. The molecule has 0 fully saturated rings. The number of aromatic nitrogens is 6. The van der Waals surface area contributed by atoms with Gasteiger partial charge in [-0.1, -0.05) is 170 Å². The minimum absolute atomic E-state index is 0.550. The lowest BCUT2D eigenvalue weighted by molar-refractivity contribution is 0.669. The lowest BCUT2D eigenvalue weighted by atomic mass is 9.95. The molecule has 0 unspecified atom stereocenters. The highest BCUT2D eigenvalue weighted by Gasteiger charge is 2.25. The number of fused-ring (bicyclic) bond motifs is 13. The van der Waals surface area contributed by atoms with Gasteiger partial charge in [-0.2, -0.15) is 0 Å². The number of furan rings is 1. The standard InChI is InChI=1S/C73H44N6O/c1-3-22-48(23-4-1)77-61-35-13-9-26-50(61)54-31-17-33-57(69(54)77)72-74-71(75-73(76-72)58-34-18-32-55-51-27-10-14-36-62(51)78(70(55)58)49-24-5-2-6-25-49)47-40-41-64(60(43-47)53-30-19-39-67-68(53)56-29-12-16-38-66(56)80-67)79-63-37-15-11-28-52(63)59-42-45-20-7-8-21-46(45)44-65(59)79/h1-44H. The summed E-state index contributed by atoms with van der Waals surface area (Å²) < 4.78 is 13.8. The molecular weight excluding hydrogens is 977 g/mol. The molecule has 7 heteroatoms. The van der Waals surface area contributed by atoms with E-state index in [4.69, 9.17) is 19.4 Å². The van der Waals surface area contributed by atoms with Crippen LogP contribution in [0.4, 0.5) is 0 Å². The summed E-state index contributed by atoms with van der Waals surface area (Å²) in [6, 6.07) is 95.1. The van der Waals surface area contributed by atoms with Crippen LogP contribution < -0.4 is 0 Å². The zero-order valence-electron chi connectivity index (χ0n) is 43.0. The normalized spacial score (nSPS) is 12.0. The number of benzene rings is 12. The largest absolute Gasteiger partial charge is 0.456 e. The lowest BCUT2D eigenvalue weighted by Gasteiger charge is -2.17. The van der Waals surface area contributed by atoms with Gasteiger partial charge in [0.05, 0.1) is 38.8 Å². The van der Waals surface area contributed by atoms with Crippen LogP contribution in [0.25, 0.3) is 160 Å². The molecule has 0 spiro atoms. The Labute approximate surface area is 458 Å². The first-order valence-electron chi connectivity index (χ1n) is 27.1. The van der Waals surface area contributed by atoms with E-state index < -0.39 is 0 Å². The van der Waals surface area contributed by atoms with E-state index in [9.17, 15) is 0 Å². The Hall–Kier alpha value is -10.9. The fourth-order valence-corrected chi connectivity index (χ4v) is 12.8. The van der Waals surface area contributed by atoms with Crippen LogP contribution in [0, 0.1) is 0 Å². The molecule has 0 bridgehead atoms. The van der Waals surface area contributed by atoms with Gasteiger partial charge in [-0.25, -0.2) is 15.0 Å². The highest BCUT2D eigenvalue weighted by Crippen LogP contribution is 2.45. The molecule has 12 aromatic carbocycles. The minimum Gasteiger partial charge on any atom is -0.456 e. The predicted molar refractivity (Wildman–Crippen MR) is 329 cm³/mol. The lowest BCUT2D eigenvalue weighted by Crippen LogP contribution is -2.04. The van der Waals surface area contributed by atoms with Crippen LogP contribution in [-0.4, -0.2) is 28.7 Å². The Morgan fingerprint density at radius 1 is 0.275 bits per heavy atom. The van der Waals surface area contributed by atoms with Gasteiger partial charge in [-0.05, 0) is 113 Å². The first-order chi connectivity index (χ1) is 39.7. The molecule has 7 nitrogen and oxygen atoms in total. The fourth-order valence-electron chi connectivity index (χ4n) is 12.8. The van der Waals surface area contributed by atoms with Crippen molar-refractivity contribution in [2.24, 2.45) is 0 Å². The number of hydrogen-bond donors (Lipinski definition) is 0. The Morgan fingerprint density at radius 3 is 1.36 bits per heavy atom. The van der Waals surface area contributed by atoms with Gasteiger partial charge >= 0.3 is 0 Å². The highest BCUT2D eigenvalue weighted by atomic mass is 16.3. The zero-order valence-corrected chi connectivity index (χ0v) is 43.0. The summed E-state index contributed by atoms with van der Waals surface area (Å²) in [5.74, 6) is 1.68. The monoisotopic (exact) mass is 1020 g/mol. The highest BCUT2D eigenvalue weighted by molar-refractivity contribution is 6.18. The van der Waals surface area contributed by atoms with E-state index in [0.717, 1.165) is 121 Å². The van der Waals surface area contributed by atoms with Gasteiger partial charge in [0.15, 0.2) is 17.5 Å². The van der Waals surface area contributed by atoms with Gasteiger partial charge in [0.2, 0.25) is 0 Å². The van der Waals surface area contributed by atoms with Gasteiger partial charge in [-0.3, -0.25) is 0 Å². The second-order valence-electron chi connectivity index (χ2n) is 20.7. The smallest absolute Gasteiger partial charge is 0.166 e. The zero-order chi connectivity index (χ0) is 52.4. The molecule has 0 saturated carbocycles. The quantitative estimate of drug-likeness (QED) is 0.160. The maximum atomic E-state index is 6.63. The first kappa shape index (κ1) is 44.3. The first-order valence-corrected chi connectivity index (χ1v) is 27.1. The molecule has 0 aliphatic carbocycles. The third kappa shape index (κ3) is 6.58. The van der Waals surface area contributed by atoms with Crippen LogP contribution in [0.5, 0.6) is 0 Å². The Kier molecular flexibility index (Phi) is 9.58. The van der Waals surface area contributed by atoms with E-state index in [1.807, 2.05) is 6.07 Å². The van der Waals surface area contributed by atoms with E-state index in [1.165, 1.54) is 21.5 Å². The summed E-state index contributed by atoms with van der Waals surface area (Å²) in [5, 5.41) is 11.4. The van der Waals surface area contributed by atoms with E-state index >= 15 is 0 Å². The number of rotatable bonds is 7. The van der Waals surface area contributed by atoms with Crippen LogP contribution in [0.2, 0.25) is 0 Å². The molecule has 372 valence electrons. The molecule has 0 aliphatic heterocycles. The molecular formula is C73H44N6O. The molecule has 5 aromatic heterocycles. The Morgan fingerprint density at radius 2 is 0.738 bits per heavy atom. The average Bonchev–Trinajstić information content (AvgIpc) is 4.39. The van der Waals surface area contributed by atoms with Crippen molar-refractivity contribution in [2.75, 3.05) is 0 Å². The summed E-state index contributed by atoms with van der Waals surface area (Å²) in [5.41, 5.74) is 16.0. The summed E-state index contributed by atoms with van der Waals surface area (Å²) in [6.45, 7) is 0. The van der Waals surface area contributed by atoms with Gasteiger partial charge in [0.25, 0.3) is 0 Å². The summed E-state index contributed by atoms with van der Waals surface area (Å²) >= 11 is 0. The van der Waals surface area contributed by atoms with E-state index in [0.29, 0.717) is 17.5 Å². The van der Waals surface area contributed by atoms with Gasteiger partial charge in [-0.15, -0.1) is 0 Å². The minimum atomic E-state index is 0.550. The predicted octanol–water partition coefficient (Wildman–Crippen LogP) is 18.9. The fraction of sp³-hybridized carbons (Fsp3) is 0. The second kappa shape index (κ2) is 17.3. The van der Waals surface area contributed by atoms with Crippen molar-refractivity contribution in [2.45, 2.75) is 0 Å². The molecule has 0 saturated heterocycles. The maximum absolute atomic E-state index is 6.63. The van der Waals surface area contributed by atoms with Crippen molar-refractivity contribution < 1.29 is 4.42 Å². The van der Waals surface area contributed by atoms with Crippen molar-refractivity contribution in [1.82, 2.24) is 28.7 Å². The summed E-state index contributed by atoms with van der Waals surface area (Å²) in [4.78, 5) is 17.0. The van der Waals surface area contributed by atoms with Gasteiger partial charge in [0.1, 0.15) is 11.2 Å². The molecule has 5 heterocycles. The van der Waals surface area contributed by atoms with Crippen LogP contribution >= 0.6 is 0 Å². The average molecular weight is 1020 g/mol. The Bertz CT molecular complexity index is 5200. The van der Waals surface area contributed by atoms with Crippen LogP contribution in [0.15, 0.2) is 271 Å². The molecule has 0 aliphatic rings. The van der Waals surface area contributed by atoms with Crippen molar-refractivity contribution in [3.8, 4) is 62.4 Å². The summed E-state index contributed by atoms with van der Waals surface area (Å²) in [6.07, 6.45) is 0. The van der Waals surface area contributed by atoms with Gasteiger partial charge in [0, 0.05) is 76.7 Å². The molecule has 0 N–H and O–H groups in total. The van der Waals surface area contributed by atoms with E-state index in [1.54, 1.807) is 0 Å². The van der Waals surface area contributed by atoms with Crippen LogP contribution in [-0.2, 0) is 0 Å². The second-order valence-corrected chi connectivity index (χ2v) is 20.7. The van der Waals surface area contributed by atoms with Crippen molar-refractivity contribution in [3.63, 3.8) is 0 Å². The third-order valence-corrected chi connectivity index (χ3v) is 16.3. The number of nitrogens with zero attached hydrogens (tertiary/aromatic N) is 6. The Balaban J connectivity index is 0.991. The van der Waals surface area contributed by atoms with E-state index in [-0.39, 0.29) is 0 Å². The van der Waals surface area contributed by atoms with E-state index in [2.05, 4.69) is 275 Å². The van der Waals surface area contributed by atoms with Crippen molar-refractivity contribution in [1.29, 1.82) is 0 Å². The third-order valence-electron chi connectivity index (χ3n) is 16.3. The molecule has 0 amide bonds. The summed E-state index contributed by atoms with van der Waals surface area (Å²) in [7, 11) is 0. The molecule has 17 rings (SSSR count). The topological polar surface area (TPSA) is 66.6 Å². The van der Waals surface area contributed by atoms with Crippen LogP contribution in [0.1, 0.15) is 0 Å². The number of hydrogen-bond acceptors (Lipinski definition) is 4. The van der Waals surface area contributed by atoms with Crippen molar-refractivity contribution >= 4 is 98.1 Å². The molecule has 80 heavy (non-hydrogen) atoms.